The van der Waals surface area contributed by atoms with Gasteiger partial charge >= 0.3 is 5.82 Å². The molecule has 15 heavy (non-hydrogen) atoms. The zero-order valence-electron chi connectivity index (χ0n) is 7.91. The Kier molecular flexibility index (Phi) is 3.25. The second-order valence-electron chi connectivity index (χ2n) is 2.91. The first-order chi connectivity index (χ1) is 6.97. The minimum Gasteiger partial charge on any atom is -0.358 e. The molecule has 0 fully saturated rings. The molecule has 0 amide bonds. The summed E-state index contributed by atoms with van der Waals surface area (Å²) < 4.78 is 24.9. The van der Waals surface area contributed by atoms with Crippen LogP contribution in [0.2, 0.25) is 0 Å². The number of nitrogens with two attached hydrogens (primary N) is 1. The van der Waals surface area contributed by atoms with E-state index in [1.54, 1.807) is 0 Å². The molecule has 7 heteroatoms. The van der Waals surface area contributed by atoms with Gasteiger partial charge in [-0.1, -0.05) is 0 Å². The average molecular weight is 217 g/mol. The Morgan fingerprint density at radius 1 is 1.67 bits per heavy atom. The molecule has 0 bridgehead atoms. The molecule has 1 rings (SSSR count). The summed E-state index contributed by atoms with van der Waals surface area (Å²) in [6.07, 6.45) is -2.70. The number of aromatic nitrogens is 1. The lowest BCUT2D eigenvalue weighted by molar-refractivity contribution is -0.390. The van der Waals surface area contributed by atoms with Gasteiger partial charge in [-0.15, -0.1) is 0 Å². The highest BCUT2D eigenvalue weighted by atomic mass is 19.3. The number of nitrogens with zero attached hydrogens (tertiary/aromatic N) is 2. The predicted molar refractivity (Wildman–Crippen MR) is 48.5 cm³/mol. The van der Waals surface area contributed by atoms with Crippen molar-refractivity contribution in [3.8, 4) is 0 Å². The van der Waals surface area contributed by atoms with Crippen LogP contribution in [-0.2, 0) is 6.54 Å². The zero-order valence-corrected chi connectivity index (χ0v) is 7.91. The molecule has 0 saturated heterocycles. The van der Waals surface area contributed by atoms with Gasteiger partial charge in [0.2, 0.25) is 0 Å². The maximum absolute atomic E-state index is 12.4. The highest BCUT2D eigenvalue weighted by Crippen LogP contribution is 2.26. The molecule has 82 valence electrons. The Balaban J connectivity index is 3.35. The van der Waals surface area contributed by atoms with Gasteiger partial charge in [0.05, 0.1) is 11.1 Å². The summed E-state index contributed by atoms with van der Waals surface area (Å²) in [6, 6.07) is 1.03. The molecule has 1 aromatic rings. The fourth-order valence-electron chi connectivity index (χ4n) is 1.18. The quantitative estimate of drug-likeness (QED) is 0.617. The van der Waals surface area contributed by atoms with E-state index in [0.717, 1.165) is 6.07 Å². The van der Waals surface area contributed by atoms with Crippen LogP contribution in [0.25, 0.3) is 0 Å². The summed E-state index contributed by atoms with van der Waals surface area (Å²) in [6.45, 7) is 1.11. The van der Waals surface area contributed by atoms with E-state index in [0.29, 0.717) is 0 Å². The van der Waals surface area contributed by atoms with Crippen molar-refractivity contribution in [3.05, 3.63) is 33.0 Å². The van der Waals surface area contributed by atoms with Crippen molar-refractivity contribution in [3.63, 3.8) is 0 Å². The van der Waals surface area contributed by atoms with Crippen LogP contribution >= 0.6 is 0 Å². The first-order valence-electron chi connectivity index (χ1n) is 4.10. The molecule has 0 aromatic carbocycles. The van der Waals surface area contributed by atoms with Crippen molar-refractivity contribution < 1.29 is 13.7 Å². The first-order valence-corrected chi connectivity index (χ1v) is 4.10. The molecule has 1 heterocycles. The van der Waals surface area contributed by atoms with Gasteiger partial charge in [0.25, 0.3) is 6.43 Å². The number of aryl methyl sites for hydroxylation is 1. The second kappa shape index (κ2) is 4.26. The highest BCUT2D eigenvalue weighted by Gasteiger charge is 2.22. The van der Waals surface area contributed by atoms with Crippen molar-refractivity contribution >= 4 is 5.82 Å². The topological polar surface area (TPSA) is 82.0 Å². The minimum absolute atomic E-state index is 0.0147. The third-order valence-corrected chi connectivity index (χ3v) is 1.94. The lowest BCUT2D eigenvalue weighted by Gasteiger charge is -2.04. The maximum Gasteiger partial charge on any atom is 0.368 e. The van der Waals surface area contributed by atoms with E-state index in [-0.39, 0.29) is 23.4 Å². The van der Waals surface area contributed by atoms with E-state index < -0.39 is 17.2 Å². The van der Waals surface area contributed by atoms with E-state index in [9.17, 15) is 18.9 Å². The Morgan fingerprint density at radius 2 is 2.27 bits per heavy atom. The molecule has 0 aliphatic carbocycles. The molecule has 2 N–H and O–H groups in total. The standard InChI is InChI=1S/C8H9F2N3O2/c1-4-6(7(9)10)2-5(3-11)8(12-4)13(14)15/h2,7H,3,11H2,1H3. The van der Waals surface area contributed by atoms with Gasteiger partial charge in [0, 0.05) is 13.5 Å². The zero-order chi connectivity index (χ0) is 11.6. The molecular formula is C8H9F2N3O2. The Bertz CT molecular complexity index is 396. The van der Waals surface area contributed by atoms with Crippen LogP contribution < -0.4 is 5.73 Å². The molecule has 5 nitrogen and oxygen atoms in total. The average Bonchev–Trinajstić information content (AvgIpc) is 2.16. The molecule has 0 atom stereocenters. The fraction of sp³-hybridized carbons (Fsp3) is 0.375. The highest BCUT2D eigenvalue weighted by molar-refractivity contribution is 5.38. The second-order valence-corrected chi connectivity index (χ2v) is 2.91. The molecule has 0 spiro atoms. The summed E-state index contributed by atoms with van der Waals surface area (Å²) in [5.74, 6) is -0.459. The van der Waals surface area contributed by atoms with Gasteiger partial charge in [0.15, 0.2) is 5.69 Å². The number of nitro groups is 1. The minimum atomic E-state index is -2.70. The van der Waals surface area contributed by atoms with E-state index >= 15 is 0 Å². The van der Waals surface area contributed by atoms with Crippen molar-refractivity contribution in [1.82, 2.24) is 4.98 Å². The van der Waals surface area contributed by atoms with Crippen LogP contribution in [-0.4, -0.2) is 9.91 Å². The van der Waals surface area contributed by atoms with Crippen LogP contribution in [0.3, 0.4) is 0 Å². The van der Waals surface area contributed by atoms with Crippen LogP contribution in [0.1, 0.15) is 23.2 Å². The maximum atomic E-state index is 12.4. The van der Waals surface area contributed by atoms with E-state index in [1.165, 1.54) is 6.92 Å². The van der Waals surface area contributed by atoms with E-state index in [1.807, 2.05) is 0 Å². The van der Waals surface area contributed by atoms with Crippen LogP contribution in [0.4, 0.5) is 14.6 Å². The summed E-state index contributed by atoms with van der Waals surface area (Å²) in [4.78, 5) is 13.3. The predicted octanol–water partition coefficient (Wildman–Crippen LogP) is 1.69. The summed E-state index contributed by atoms with van der Waals surface area (Å²) in [5, 5.41) is 10.5. The van der Waals surface area contributed by atoms with E-state index in [2.05, 4.69) is 4.98 Å². The summed E-state index contributed by atoms with van der Waals surface area (Å²) >= 11 is 0. The largest absolute Gasteiger partial charge is 0.368 e. The van der Waals surface area contributed by atoms with Crippen molar-refractivity contribution in [2.24, 2.45) is 5.73 Å². The Morgan fingerprint density at radius 3 is 2.67 bits per heavy atom. The molecular weight excluding hydrogens is 208 g/mol. The monoisotopic (exact) mass is 217 g/mol. The van der Waals surface area contributed by atoms with Gasteiger partial charge < -0.3 is 15.8 Å². The van der Waals surface area contributed by atoms with Crippen molar-refractivity contribution in [1.29, 1.82) is 0 Å². The summed E-state index contributed by atoms with van der Waals surface area (Å²) in [5.41, 5.74) is 4.87. The number of hydrogen-bond acceptors (Lipinski definition) is 4. The molecule has 0 aliphatic rings. The molecule has 0 unspecified atom stereocenters. The number of halogens is 2. The lowest BCUT2D eigenvalue weighted by Crippen LogP contribution is -2.07. The van der Waals surface area contributed by atoms with E-state index in [4.69, 9.17) is 5.73 Å². The first kappa shape index (κ1) is 11.4. The van der Waals surface area contributed by atoms with Gasteiger partial charge in [0.1, 0.15) is 0 Å². The van der Waals surface area contributed by atoms with Crippen LogP contribution in [0, 0.1) is 17.0 Å². The Hall–Kier alpha value is -1.63. The normalized spacial score (nSPS) is 10.7. The fourth-order valence-corrected chi connectivity index (χ4v) is 1.18. The smallest absolute Gasteiger partial charge is 0.358 e. The molecule has 1 aromatic heterocycles. The van der Waals surface area contributed by atoms with Crippen LogP contribution in [0.15, 0.2) is 6.07 Å². The van der Waals surface area contributed by atoms with Crippen LogP contribution in [0.5, 0.6) is 0 Å². The van der Waals surface area contributed by atoms with Gasteiger partial charge in [-0.3, -0.25) is 0 Å². The number of hydrogen-bond donors (Lipinski definition) is 1. The number of alkyl halides is 2. The van der Waals surface area contributed by atoms with Gasteiger partial charge in [-0.25, -0.2) is 8.78 Å². The number of rotatable bonds is 3. The Labute approximate surface area is 84.1 Å². The SMILES string of the molecule is Cc1nc([N+](=O)[O-])c(CN)cc1C(F)F. The van der Waals surface area contributed by atoms with Gasteiger partial charge in [-0.05, 0) is 16.0 Å². The third kappa shape index (κ3) is 2.24. The van der Waals surface area contributed by atoms with Crippen molar-refractivity contribution in [2.45, 2.75) is 19.9 Å². The molecule has 0 aliphatic heterocycles. The third-order valence-electron chi connectivity index (χ3n) is 1.94. The molecule has 0 radical (unpaired) electrons. The summed E-state index contributed by atoms with van der Waals surface area (Å²) in [7, 11) is 0. The van der Waals surface area contributed by atoms with Gasteiger partial charge in [-0.2, -0.15) is 0 Å². The number of pyridine rings is 1. The lowest BCUT2D eigenvalue weighted by atomic mass is 10.1. The molecule has 0 saturated carbocycles. The van der Waals surface area contributed by atoms with Crippen molar-refractivity contribution in [2.75, 3.05) is 0 Å².